The number of hydrogen-bond donors (Lipinski definition) is 2. The van der Waals surface area contributed by atoms with Crippen molar-refractivity contribution in [2.45, 2.75) is 50.7 Å². The van der Waals surface area contributed by atoms with Crippen LogP contribution in [0.5, 0.6) is 11.5 Å². The molecular weight excluding hydrogens is 434 g/mol. The molecule has 3 heterocycles. The normalized spacial score (nSPS) is 21.4. The van der Waals surface area contributed by atoms with Crippen LogP contribution in [-0.4, -0.2) is 64.8 Å². The van der Waals surface area contributed by atoms with Crippen LogP contribution in [0.2, 0.25) is 0 Å². The number of aliphatic hydroxyl groups excluding tert-OH is 2. The standard InChI is InChI=1S/C26H31N3O5/c1-3-24(30)26(31)34-21-15-18(28-10-8-25-23(28)9-12-33-25)14-19(16-21)29-11-7-22(27-29)17-5-4-6-20(13-17)32-2/h4-7,11,13-16,23-26,30-31H,3,8-10,12H2,1-2H3/t23-,24?,25-,26?/m1/s1. The van der Waals surface area contributed by atoms with Gasteiger partial charge >= 0.3 is 0 Å². The second-order valence-corrected chi connectivity index (χ2v) is 8.79. The number of rotatable bonds is 8. The maximum Gasteiger partial charge on any atom is 0.223 e. The summed E-state index contributed by atoms with van der Waals surface area (Å²) in [4.78, 5) is 2.35. The Morgan fingerprint density at radius 2 is 1.94 bits per heavy atom. The summed E-state index contributed by atoms with van der Waals surface area (Å²) in [7, 11) is 1.65. The predicted molar refractivity (Wildman–Crippen MR) is 129 cm³/mol. The number of methoxy groups -OCH3 is 1. The molecule has 2 saturated heterocycles. The van der Waals surface area contributed by atoms with E-state index in [0.717, 1.165) is 54.4 Å². The lowest BCUT2D eigenvalue weighted by Crippen LogP contribution is -2.32. The number of benzene rings is 2. The van der Waals surface area contributed by atoms with E-state index in [1.165, 1.54) is 0 Å². The summed E-state index contributed by atoms with van der Waals surface area (Å²) in [5.74, 6) is 1.25. The number of anilines is 1. The fraction of sp³-hybridized carbons (Fsp3) is 0.423. The summed E-state index contributed by atoms with van der Waals surface area (Å²) in [5, 5.41) is 25.1. The lowest BCUT2D eigenvalue weighted by Gasteiger charge is -2.27. The third-order valence-corrected chi connectivity index (χ3v) is 6.66. The molecule has 0 radical (unpaired) electrons. The highest BCUT2D eigenvalue weighted by Crippen LogP contribution is 2.36. The molecule has 0 aliphatic carbocycles. The molecule has 2 aromatic carbocycles. The van der Waals surface area contributed by atoms with Gasteiger partial charge in [0.05, 0.1) is 30.6 Å². The molecular formula is C26H31N3O5. The summed E-state index contributed by atoms with van der Waals surface area (Å²) in [6, 6.07) is 15.9. The van der Waals surface area contributed by atoms with Gasteiger partial charge < -0.3 is 29.3 Å². The lowest BCUT2D eigenvalue weighted by atomic mass is 10.1. The molecule has 0 amide bonds. The van der Waals surface area contributed by atoms with Crippen LogP contribution >= 0.6 is 0 Å². The van der Waals surface area contributed by atoms with Gasteiger partial charge in [-0.3, -0.25) is 0 Å². The first-order valence-corrected chi connectivity index (χ1v) is 11.8. The van der Waals surface area contributed by atoms with Crippen molar-refractivity contribution in [3.8, 4) is 28.4 Å². The lowest BCUT2D eigenvalue weighted by molar-refractivity contribution is -0.104. The van der Waals surface area contributed by atoms with Crippen molar-refractivity contribution in [2.75, 3.05) is 25.2 Å². The van der Waals surface area contributed by atoms with Crippen LogP contribution in [0.1, 0.15) is 26.2 Å². The van der Waals surface area contributed by atoms with E-state index in [1.54, 1.807) is 18.7 Å². The molecule has 4 atom stereocenters. The molecule has 2 N–H and O–H groups in total. The number of aliphatic hydroxyl groups is 2. The van der Waals surface area contributed by atoms with Crippen molar-refractivity contribution in [1.82, 2.24) is 9.78 Å². The molecule has 0 spiro atoms. The molecule has 2 unspecified atom stereocenters. The van der Waals surface area contributed by atoms with Gasteiger partial charge in [-0.15, -0.1) is 0 Å². The summed E-state index contributed by atoms with van der Waals surface area (Å²) >= 11 is 0. The molecule has 2 aliphatic rings. The van der Waals surface area contributed by atoms with Crippen molar-refractivity contribution < 1.29 is 24.4 Å². The van der Waals surface area contributed by atoms with E-state index < -0.39 is 12.4 Å². The summed E-state index contributed by atoms with van der Waals surface area (Å²) < 4.78 is 18.8. The van der Waals surface area contributed by atoms with Crippen LogP contribution < -0.4 is 14.4 Å². The van der Waals surface area contributed by atoms with E-state index in [1.807, 2.05) is 48.7 Å². The van der Waals surface area contributed by atoms with Crippen molar-refractivity contribution in [3.05, 3.63) is 54.7 Å². The maximum absolute atomic E-state index is 10.3. The molecule has 8 nitrogen and oxygen atoms in total. The van der Waals surface area contributed by atoms with Gasteiger partial charge in [0.15, 0.2) is 0 Å². The monoisotopic (exact) mass is 465 g/mol. The predicted octanol–water partition coefficient (Wildman–Crippen LogP) is 3.38. The van der Waals surface area contributed by atoms with E-state index in [2.05, 4.69) is 11.0 Å². The summed E-state index contributed by atoms with van der Waals surface area (Å²) in [6.07, 6.45) is 2.26. The van der Waals surface area contributed by atoms with Crippen LogP contribution in [0.3, 0.4) is 0 Å². The van der Waals surface area contributed by atoms with E-state index in [0.29, 0.717) is 18.2 Å². The SMILES string of the molecule is CCC(O)C(O)Oc1cc(N2CC[C@H]3OCC[C@H]32)cc(-n2ccc(-c3cccc(OC)c3)n2)c1. The van der Waals surface area contributed by atoms with Gasteiger partial charge in [-0.25, -0.2) is 4.68 Å². The quantitative estimate of drug-likeness (QED) is 0.493. The van der Waals surface area contributed by atoms with Crippen molar-refractivity contribution in [2.24, 2.45) is 0 Å². The molecule has 34 heavy (non-hydrogen) atoms. The van der Waals surface area contributed by atoms with Crippen molar-refractivity contribution >= 4 is 5.69 Å². The molecule has 180 valence electrons. The number of nitrogens with zero attached hydrogens (tertiary/aromatic N) is 3. The zero-order valence-corrected chi connectivity index (χ0v) is 19.5. The highest BCUT2D eigenvalue weighted by atomic mass is 16.6. The number of fused-ring (bicyclic) bond motifs is 1. The van der Waals surface area contributed by atoms with E-state index in [4.69, 9.17) is 19.3 Å². The number of hydrogen-bond acceptors (Lipinski definition) is 7. The summed E-state index contributed by atoms with van der Waals surface area (Å²) in [6.45, 7) is 3.47. The van der Waals surface area contributed by atoms with Gasteiger partial charge in [-0.2, -0.15) is 5.10 Å². The maximum atomic E-state index is 10.3. The molecule has 1 aromatic heterocycles. The molecule has 5 rings (SSSR count). The highest BCUT2D eigenvalue weighted by molar-refractivity contribution is 5.63. The smallest absolute Gasteiger partial charge is 0.223 e. The molecule has 2 aliphatic heterocycles. The van der Waals surface area contributed by atoms with Gasteiger partial charge in [0.2, 0.25) is 6.29 Å². The largest absolute Gasteiger partial charge is 0.497 e. The van der Waals surface area contributed by atoms with Crippen molar-refractivity contribution in [3.63, 3.8) is 0 Å². The Kier molecular flexibility index (Phi) is 6.45. The first kappa shape index (κ1) is 22.7. The number of ether oxygens (including phenoxy) is 3. The third-order valence-electron chi connectivity index (χ3n) is 6.66. The Labute approximate surface area is 199 Å². The van der Waals surface area contributed by atoms with Crippen LogP contribution in [0.15, 0.2) is 54.7 Å². The first-order chi connectivity index (χ1) is 16.6. The Morgan fingerprint density at radius 3 is 2.76 bits per heavy atom. The molecule has 0 saturated carbocycles. The molecule has 2 fully saturated rings. The van der Waals surface area contributed by atoms with Gasteiger partial charge in [0.1, 0.15) is 17.6 Å². The minimum Gasteiger partial charge on any atom is -0.497 e. The van der Waals surface area contributed by atoms with Gasteiger partial charge in [0.25, 0.3) is 0 Å². The average molecular weight is 466 g/mol. The Hall–Kier alpha value is -3.07. The highest BCUT2D eigenvalue weighted by Gasteiger charge is 2.39. The Balaban J connectivity index is 1.49. The van der Waals surface area contributed by atoms with E-state index >= 15 is 0 Å². The van der Waals surface area contributed by atoms with Crippen LogP contribution in [0.25, 0.3) is 16.9 Å². The molecule has 0 bridgehead atoms. The second kappa shape index (κ2) is 9.66. The number of aromatic nitrogens is 2. The molecule has 8 heteroatoms. The zero-order chi connectivity index (χ0) is 23.7. The van der Waals surface area contributed by atoms with Crippen LogP contribution in [0, 0.1) is 0 Å². The minimum atomic E-state index is -1.31. The fourth-order valence-electron chi connectivity index (χ4n) is 4.78. The summed E-state index contributed by atoms with van der Waals surface area (Å²) in [5.41, 5.74) is 3.57. The first-order valence-electron chi connectivity index (χ1n) is 11.8. The molecule has 3 aromatic rings. The van der Waals surface area contributed by atoms with Crippen LogP contribution in [-0.2, 0) is 4.74 Å². The van der Waals surface area contributed by atoms with E-state index in [-0.39, 0.29) is 6.10 Å². The van der Waals surface area contributed by atoms with Crippen molar-refractivity contribution in [1.29, 1.82) is 0 Å². The fourth-order valence-corrected chi connectivity index (χ4v) is 4.78. The second-order valence-electron chi connectivity index (χ2n) is 8.79. The van der Waals surface area contributed by atoms with Gasteiger partial charge in [0, 0.05) is 42.7 Å². The minimum absolute atomic E-state index is 0.255. The van der Waals surface area contributed by atoms with E-state index in [9.17, 15) is 10.2 Å². The Bertz CT molecular complexity index is 1130. The zero-order valence-electron chi connectivity index (χ0n) is 19.5. The average Bonchev–Trinajstić information content (AvgIpc) is 3.61. The Morgan fingerprint density at radius 1 is 1.09 bits per heavy atom. The van der Waals surface area contributed by atoms with Crippen LogP contribution in [0.4, 0.5) is 5.69 Å². The topological polar surface area (TPSA) is 89.2 Å². The van der Waals surface area contributed by atoms with Gasteiger partial charge in [-0.1, -0.05) is 19.1 Å². The van der Waals surface area contributed by atoms with Gasteiger partial charge in [-0.05, 0) is 43.5 Å². The third kappa shape index (κ3) is 4.49.